The van der Waals surface area contributed by atoms with E-state index in [0.29, 0.717) is 22.7 Å². The fourth-order valence-electron chi connectivity index (χ4n) is 3.98. The van der Waals surface area contributed by atoms with Crippen molar-refractivity contribution in [3.63, 3.8) is 0 Å². The van der Waals surface area contributed by atoms with Crippen LogP contribution in [0.15, 0.2) is 54.9 Å². The number of nitrogens with zero attached hydrogens (tertiary/aromatic N) is 3. The molecule has 3 aromatic heterocycles. The quantitative estimate of drug-likeness (QED) is 0.435. The molecule has 1 aliphatic rings. The van der Waals surface area contributed by atoms with Crippen LogP contribution in [-0.4, -0.2) is 33.9 Å². The lowest BCUT2D eigenvalue weighted by Crippen LogP contribution is -2.16. The summed E-state index contributed by atoms with van der Waals surface area (Å²) in [4.78, 5) is 37.4. The Morgan fingerprint density at radius 1 is 1.21 bits per heavy atom. The Kier molecular flexibility index (Phi) is 5.91. The molecule has 0 radical (unpaired) electrons. The molecule has 1 aliphatic carbocycles. The maximum absolute atomic E-state index is 12.7. The van der Waals surface area contributed by atoms with Crippen LogP contribution < -0.4 is 11.1 Å². The molecule has 3 aromatic rings. The van der Waals surface area contributed by atoms with Gasteiger partial charge in [-0.15, -0.1) is 0 Å². The highest BCUT2D eigenvalue weighted by molar-refractivity contribution is 5.99. The lowest BCUT2D eigenvalue weighted by atomic mass is 10.0. The van der Waals surface area contributed by atoms with Crippen molar-refractivity contribution < 1.29 is 14.3 Å². The number of nitrogens with one attached hydrogen (secondary N) is 1. The van der Waals surface area contributed by atoms with Gasteiger partial charge in [-0.05, 0) is 60.9 Å². The summed E-state index contributed by atoms with van der Waals surface area (Å²) < 4.78 is 4.73. The summed E-state index contributed by atoms with van der Waals surface area (Å²) >= 11 is 0. The topological polar surface area (TPSA) is 120 Å². The van der Waals surface area contributed by atoms with Crippen molar-refractivity contribution in [3.8, 4) is 11.3 Å². The minimum Gasteiger partial charge on any atom is -0.464 e. The van der Waals surface area contributed by atoms with Gasteiger partial charge in [0.2, 0.25) is 5.91 Å². The minimum atomic E-state index is -0.505. The number of methoxy groups -OCH3 is 1. The zero-order valence-electron chi connectivity index (χ0n) is 18.8. The number of pyridine rings is 3. The first-order chi connectivity index (χ1) is 15.9. The number of esters is 1. The molecule has 0 bridgehead atoms. The van der Waals surface area contributed by atoms with E-state index in [1.807, 2.05) is 26.0 Å². The maximum atomic E-state index is 12.7. The van der Waals surface area contributed by atoms with Crippen LogP contribution in [-0.2, 0) is 9.53 Å². The molecule has 4 rings (SSSR count). The van der Waals surface area contributed by atoms with Gasteiger partial charge in [-0.3, -0.25) is 4.79 Å². The molecule has 0 aromatic carbocycles. The van der Waals surface area contributed by atoms with Crippen molar-refractivity contribution in [2.75, 3.05) is 18.2 Å². The molecule has 0 saturated heterocycles. The van der Waals surface area contributed by atoms with Crippen LogP contribution in [0.2, 0.25) is 0 Å². The average molecular weight is 444 g/mol. The Bertz CT molecular complexity index is 1310. The number of ether oxygens (including phenoxy) is 1. The van der Waals surface area contributed by atoms with Gasteiger partial charge in [0.15, 0.2) is 0 Å². The Morgan fingerprint density at radius 3 is 2.67 bits per heavy atom. The maximum Gasteiger partial charge on any atom is 0.356 e. The number of hydrogen-bond acceptors (Lipinski definition) is 7. The number of carbonyl (C=O) groups is 2. The van der Waals surface area contributed by atoms with E-state index in [-0.39, 0.29) is 23.4 Å². The summed E-state index contributed by atoms with van der Waals surface area (Å²) in [5, 5.41) is 4.37. The third-order valence-corrected chi connectivity index (χ3v) is 5.90. The van der Waals surface area contributed by atoms with E-state index < -0.39 is 5.97 Å². The molecular formula is C25H25N5O3. The van der Waals surface area contributed by atoms with Gasteiger partial charge in [-0.1, -0.05) is 18.7 Å². The molecule has 3 heterocycles. The van der Waals surface area contributed by atoms with Gasteiger partial charge in [0.1, 0.15) is 17.3 Å². The van der Waals surface area contributed by atoms with Crippen molar-refractivity contribution in [2.45, 2.75) is 20.3 Å². The number of fused-ring (bicyclic) bond motifs is 1. The Hall–Kier alpha value is -4.07. The summed E-state index contributed by atoms with van der Waals surface area (Å²) in [5.41, 5.74) is 9.65. The molecule has 33 heavy (non-hydrogen) atoms. The summed E-state index contributed by atoms with van der Waals surface area (Å²) in [7, 11) is 1.31. The van der Waals surface area contributed by atoms with Gasteiger partial charge in [-0.25, -0.2) is 19.7 Å². The first kappa shape index (κ1) is 22.1. The number of carbonyl (C=O) groups excluding carboxylic acids is 2. The van der Waals surface area contributed by atoms with Gasteiger partial charge in [0.05, 0.1) is 12.8 Å². The van der Waals surface area contributed by atoms with Crippen molar-refractivity contribution in [1.82, 2.24) is 15.0 Å². The van der Waals surface area contributed by atoms with Crippen LogP contribution in [0.25, 0.3) is 22.0 Å². The van der Waals surface area contributed by atoms with Gasteiger partial charge in [0, 0.05) is 29.3 Å². The number of amides is 1. The number of nitrogen functional groups attached to an aromatic ring is 1. The number of allylic oxidation sites excluding steroid dienone is 3. The number of anilines is 2. The highest BCUT2D eigenvalue weighted by Crippen LogP contribution is 2.45. The zero-order chi connectivity index (χ0) is 23.7. The summed E-state index contributed by atoms with van der Waals surface area (Å²) in [5.74, 6) is 0.333. The molecule has 0 aliphatic heterocycles. The van der Waals surface area contributed by atoms with Crippen LogP contribution in [0, 0.1) is 18.8 Å². The van der Waals surface area contributed by atoms with Gasteiger partial charge < -0.3 is 15.8 Å². The number of aromatic nitrogens is 3. The third-order valence-electron chi connectivity index (χ3n) is 5.90. The summed E-state index contributed by atoms with van der Waals surface area (Å²) in [6, 6.07) is 5.29. The molecule has 1 saturated carbocycles. The second kappa shape index (κ2) is 8.82. The van der Waals surface area contributed by atoms with Gasteiger partial charge in [0.25, 0.3) is 0 Å². The second-order valence-electron chi connectivity index (χ2n) is 7.99. The first-order valence-corrected chi connectivity index (χ1v) is 10.6. The van der Waals surface area contributed by atoms with E-state index in [2.05, 4.69) is 26.8 Å². The van der Waals surface area contributed by atoms with E-state index in [4.69, 9.17) is 10.5 Å². The van der Waals surface area contributed by atoms with Gasteiger partial charge >= 0.3 is 5.97 Å². The smallest absolute Gasteiger partial charge is 0.356 e. The number of nitrogens with two attached hydrogens (primary N) is 1. The zero-order valence-corrected chi connectivity index (χ0v) is 18.8. The molecule has 2 atom stereocenters. The largest absolute Gasteiger partial charge is 0.464 e. The van der Waals surface area contributed by atoms with Gasteiger partial charge in [-0.2, -0.15) is 0 Å². The van der Waals surface area contributed by atoms with Crippen molar-refractivity contribution in [1.29, 1.82) is 0 Å². The normalized spacial score (nSPS) is 17.5. The Morgan fingerprint density at radius 2 is 2.00 bits per heavy atom. The predicted molar refractivity (Wildman–Crippen MR) is 127 cm³/mol. The van der Waals surface area contributed by atoms with Crippen molar-refractivity contribution in [2.24, 2.45) is 11.8 Å². The lowest BCUT2D eigenvalue weighted by Gasteiger charge is -2.11. The van der Waals surface area contributed by atoms with E-state index >= 15 is 0 Å². The molecule has 0 spiro atoms. The molecule has 1 amide bonds. The van der Waals surface area contributed by atoms with Crippen molar-refractivity contribution >= 4 is 34.3 Å². The highest BCUT2D eigenvalue weighted by Gasteiger charge is 2.44. The lowest BCUT2D eigenvalue weighted by molar-refractivity contribution is -0.117. The number of rotatable bonds is 6. The third kappa shape index (κ3) is 4.32. The highest BCUT2D eigenvalue weighted by atomic mass is 16.5. The second-order valence-corrected chi connectivity index (χ2v) is 7.99. The summed E-state index contributed by atoms with van der Waals surface area (Å²) in [6.07, 6.45) is 7.78. The molecule has 1 fully saturated rings. The van der Waals surface area contributed by atoms with Crippen molar-refractivity contribution in [3.05, 3.63) is 66.2 Å². The first-order valence-electron chi connectivity index (χ1n) is 10.6. The number of aryl methyl sites for hydroxylation is 1. The fraction of sp³-hybridized carbons (Fsp3) is 0.240. The van der Waals surface area contributed by atoms with E-state index in [1.165, 1.54) is 7.11 Å². The minimum absolute atomic E-state index is 0.0613. The molecule has 168 valence electrons. The van der Waals surface area contributed by atoms with Crippen LogP contribution in [0.3, 0.4) is 0 Å². The molecule has 0 unspecified atom stereocenters. The molecule has 8 heteroatoms. The van der Waals surface area contributed by atoms with Crippen LogP contribution >= 0.6 is 0 Å². The Balaban J connectivity index is 1.62. The average Bonchev–Trinajstić information content (AvgIpc) is 3.60. The van der Waals surface area contributed by atoms with Crippen LogP contribution in [0.1, 0.15) is 29.4 Å². The van der Waals surface area contributed by atoms with Crippen LogP contribution in [0.5, 0.6) is 0 Å². The monoisotopic (exact) mass is 443 g/mol. The number of hydrogen-bond donors (Lipinski definition) is 2. The fourth-order valence-corrected chi connectivity index (χ4v) is 3.98. The van der Waals surface area contributed by atoms with Crippen LogP contribution in [0.4, 0.5) is 11.6 Å². The molecule has 3 N–H and O–H groups in total. The standard InChI is InChI=1S/C25H25N5O3/c1-5-14(6-2)16-10-17(16)24(31)30-22-9-15-8-20(29-23(26)19(15)12-28-22)18-11-27-21(7-13(18)3)25(32)33-4/h5-9,11-12,16-17H,1,10H2,2-4H3,(H2,26,29)(H,28,30,31)/b14-6+/t16-,17+/m1/s1. The van der Waals surface area contributed by atoms with E-state index in [1.54, 1.807) is 30.6 Å². The molecule has 8 nitrogen and oxygen atoms in total. The summed E-state index contributed by atoms with van der Waals surface area (Å²) in [6.45, 7) is 7.62. The predicted octanol–water partition coefficient (Wildman–Crippen LogP) is 4.08. The van der Waals surface area contributed by atoms with E-state index in [0.717, 1.165) is 28.5 Å². The van der Waals surface area contributed by atoms with E-state index in [9.17, 15) is 9.59 Å². The Labute approximate surface area is 191 Å². The molecular weight excluding hydrogens is 418 g/mol. The SMILES string of the molecule is C=C/C(=C\C)[C@H]1C[C@@H]1C(=O)Nc1cc2cc(-c3cnc(C(=O)OC)cc3C)nc(N)c2cn1.